The van der Waals surface area contributed by atoms with E-state index in [1.54, 1.807) is 11.3 Å². The average Bonchev–Trinajstić information content (AvgIpc) is 2.95. The molecule has 3 rings (SSSR count). The van der Waals surface area contributed by atoms with Crippen LogP contribution < -0.4 is 5.73 Å². The van der Waals surface area contributed by atoms with Crippen LogP contribution in [0.3, 0.4) is 0 Å². The van der Waals surface area contributed by atoms with Gasteiger partial charge in [-0.1, -0.05) is 30.3 Å². The van der Waals surface area contributed by atoms with Gasteiger partial charge in [0, 0.05) is 12.2 Å². The standard InChI is InChI=1S/C17H18N2S/c18-15(8-4-7-13-5-2-1-3-6-13)14-11-17-16(19-12-14)9-10-20-17/h1-3,5-6,9-12,15H,4,7-8,18H2. The van der Waals surface area contributed by atoms with E-state index in [2.05, 4.69) is 46.8 Å². The van der Waals surface area contributed by atoms with Crippen molar-refractivity contribution in [2.24, 2.45) is 5.73 Å². The molecule has 2 aromatic heterocycles. The minimum Gasteiger partial charge on any atom is -0.324 e. The van der Waals surface area contributed by atoms with Gasteiger partial charge < -0.3 is 5.73 Å². The summed E-state index contributed by atoms with van der Waals surface area (Å²) in [7, 11) is 0. The quantitative estimate of drug-likeness (QED) is 0.757. The first-order valence-corrected chi connectivity index (χ1v) is 7.83. The van der Waals surface area contributed by atoms with Crippen LogP contribution in [-0.4, -0.2) is 4.98 Å². The molecule has 1 unspecified atom stereocenters. The topological polar surface area (TPSA) is 38.9 Å². The van der Waals surface area contributed by atoms with E-state index in [0.717, 1.165) is 30.3 Å². The zero-order valence-electron chi connectivity index (χ0n) is 11.3. The third-order valence-corrected chi connectivity index (χ3v) is 4.43. The molecule has 0 fully saturated rings. The van der Waals surface area contributed by atoms with Crippen molar-refractivity contribution >= 4 is 21.6 Å². The summed E-state index contributed by atoms with van der Waals surface area (Å²) in [5, 5.41) is 2.07. The first-order valence-electron chi connectivity index (χ1n) is 6.95. The Labute approximate surface area is 123 Å². The van der Waals surface area contributed by atoms with Crippen LogP contribution in [0.4, 0.5) is 0 Å². The number of fused-ring (bicyclic) bond motifs is 1. The van der Waals surface area contributed by atoms with E-state index in [0.29, 0.717) is 0 Å². The predicted octanol–water partition coefficient (Wildman–Crippen LogP) is 4.32. The van der Waals surface area contributed by atoms with E-state index >= 15 is 0 Å². The number of benzene rings is 1. The molecule has 0 amide bonds. The van der Waals surface area contributed by atoms with Gasteiger partial charge in [-0.3, -0.25) is 4.98 Å². The minimum absolute atomic E-state index is 0.0812. The molecule has 2 nitrogen and oxygen atoms in total. The molecule has 0 aliphatic carbocycles. The molecular formula is C17H18N2S. The molecule has 3 heteroatoms. The van der Waals surface area contributed by atoms with E-state index in [1.165, 1.54) is 10.3 Å². The highest BCUT2D eigenvalue weighted by Crippen LogP contribution is 2.24. The molecule has 1 aromatic carbocycles. The second kappa shape index (κ2) is 6.16. The van der Waals surface area contributed by atoms with Crippen molar-refractivity contribution in [3.63, 3.8) is 0 Å². The van der Waals surface area contributed by atoms with E-state index in [-0.39, 0.29) is 6.04 Å². The lowest BCUT2D eigenvalue weighted by Crippen LogP contribution is -2.10. The Bertz CT molecular complexity index is 676. The molecule has 20 heavy (non-hydrogen) atoms. The normalized spacial score (nSPS) is 12.7. The first-order chi connectivity index (χ1) is 9.83. The lowest BCUT2D eigenvalue weighted by Gasteiger charge is -2.11. The molecule has 0 aliphatic heterocycles. The number of rotatable bonds is 5. The molecule has 102 valence electrons. The molecule has 0 aliphatic rings. The van der Waals surface area contributed by atoms with Gasteiger partial charge in [0.05, 0.1) is 10.2 Å². The molecule has 0 spiro atoms. The fourth-order valence-corrected chi connectivity index (χ4v) is 3.19. The van der Waals surface area contributed by atoms with Crippen LogP contribution in [-0.2, 0) is 6.42 Å². The predicted molar refractivity (Wildman–Crippen MR) is 85.9 cm³/mol. The van der Waals surface area contributed by atoms with E-state index in [4.69, 9.17) is 5.73 Å². The zero-order chi connectivity index (χ0) is 13.8. The number of aromatic nitrogens is 1. The van der Waals surface area contributed by atoms with Crippen LogP contribution in [0.1, 0.15) is 30.0 Å². The van der Waals surface area contributed by atoms with Crippen molar-refractivity contribution in [3.05, 3.63) is 65.2 Å². The summed E-state index contributed by atoms with van der Waals surface area (Å²) in [5.41, 5.74) is 9.88. The van der Waals surface area contributed by atoms with E-state index in [1.807, 2.05) is 12.3 Å². The van der Waals surface area contributed by atoms with Crippen molar-refractivity contribution in [2.75, 3.05) is 0 Å². The minimum atomic E-state index is 0.0812. The summed E-state index contributed by atoms with van der Waals surface area (Å²) in [5.74, 6) is 0. The van der Waals surface area contributed by atoms with Crippen LogP contribution >= 0.6 is 11.3 Å². The summed E-state index contributed by atoms with van der Waals surface area (Å²) in [4.78, 5) is 4.46. The van der Waals surface area contributed by atoms with Crippen molar-refractivity contribution in [1.29, 1.82) is 0 Å². The number of hydrogen-bond donors (Lipinski definition) is 1. The van der Waals surface area contributed by atoms with Crippen LogP contribution in [0, 0.1) is 0 Å². The van der Waals surface area contributed by atoms with E-state index in [9.17, 15) is 0 Å². The Hall–Kier alpha value is -1.71. The second-order valence-electron chi connectivity index (χ2n) is 5.06. The summed E-state index contributed by atoms with van der Waals surface area (Å²) in [6.07, 6.45) is 5.10. The maximum Gasteiger partial charge on any atom is 0.0809 e. The van der Waals surface area contributed by atoms with Crippen molar-refractivity contribution in [1.82, 2.24) is 4.98 Å². The van der Waals surface area contributed by atoms with Gasteiger partial charge >= 0.3 is 0 Å². The zero-order valence-corrected chi connectivity index (χ0v) is 12.1. The Morgan fingerprint density at radius 1 is 1.15 bits per heavy atom. The van der Waals surface area contributed by atoms with Gasteiger partial charge in [-0.2, -0.15) is 0 Å². The Morgan fingerprint density at radius 2 is 2.00 bits per heavy atom. The maximum absolute atomic E-state index is 6.28. The largest absolute Gasteiger partial charge is 0.324 e. The third kappa shape index (κ3) is 3.06. The van der Waals surface area contributed by atoms with Crippen molar-refractivity contribution in [3.8, 4) is 0 Å². The van der Waals surface area contributed by atoms with Gasteiger partial charge in [-0.15, -0.1) is 11.3 Å². The van der Waals surface area contributed by atoms with Crippen LogP contribution in [0.15, 0.2) is 54.0 Å². The number of nitrogens with two attached hydrogens (primary N) is 1. The Morgan fingerprint density at radius 3 is 2.85 bits per heavy atom. The molecule has 2 heterocycles. The number of aryl methyl sites for hydroxylation is 1. The molecular weight excluding hydrogens is 264 g/mol. The van der Waals surface area contributed by atoms with Gasteiger partial charge in [0.2, 0.25) is 0 Å². The number of hydrogen-bond acceptors (Lipinski definition) is 3. The smallest absolute Gasteiger partial charge is 0.0809 e. The Balaban J connectivity index is 1.59. The van der Waals surface area contributed by atoms with Crippen molar-refractivity contribution < 1.29 is 0 Å². The summed E-state index contributed by atoms with van der Waals surface area (Å²) >= 11 is 1.72. The second-order valence-corrected chi connectivity index (χ2v) is 6.00. The molecule has 0 radical (unpaired) electrons. The van der Waals surface area contributed by atoms with Crippen LogP contribution in [0.2, 0.25) is 0 Å². The molecule has 3 aromatic rings. The van der Waals surface area contributed by atoms with Gasteiger partial charge in [0.15, 0.2) is 0 Å². The van der Waals surface area contributed by atoms with Crippen LogP contribution in [0.5, 0.6) is 0 Å². The van der Waals surface area contributed by atoms with Crippen molar-refractivity contribution in [2.45, 2.75) is 25.3 Å². The molecule has 1 atom stereocenters. The fourth-order valence-electron chi connectivity index (χ4n) is 2.40. The summed E-state index contributed by atoms with van der Waals surface area (Å²) in [6.45, 7) is 0. The molecule has 0 saturated carbocycles. The lowest BCUT2D eigenvalue weighted by molar-refractivity contribution is 0.610. The first kappa shape index (κ1) is 13.3. The molecule has 0 bridgehead atoms. The van der Waals surface area contributed by atoms with Gasteiger partial charge in [0.25, 0.3) is 0 Å². The SMILES string of the molecule is NC(CCCc1ccccc1)c1cnc2ccsc2c1. The van der Waals surface area contributed by atoms with Gasteiger partial charge in [0.1, 0.15) is 0 Å². The summed E-state index contributed by atoms with van der Waals surface area (Å²) in [6, 6.07) is 14.9. The average molecular weight is 282 g/mol. The highest BCUT2D eigenvalue weighted by molar-refractivity contribution is 7.17. The van der Waals surface area contributed by atoms with Crippen LogP contribution in [0.25, 0.3) is 10.2 Å². The summed E-state index contributed by atoms with van der Waals surface area (Å²) < 4.78 is 1.22. The highest BCUT2D eigenvalue weighted by Gasteiger charge is 2.08. The Kier molecular flexibility index (Phi) is 4.09. The number of thiophene rings is 1. The monoisotopic (exact) mass is 282 g/mol. The third-order valence-electron chi connectivity index (χ3n) is 3.58. The van der Waals surface area contributed by atoms with Gasteiger partial charge in [-0.05, 0) is 47.9 Å². The highest BCUT2D eigenvalue weighted by atomic mass is 32.1. The number of nitrogens with zero attached hydrogens (tertiary/aromatic N) is 1. The molecule has 2 N–H and O–H groups in total. The lowest BCUT2D eigenvalue weighted by atomic mass is 10.0. The molecule has 0 saturated heterocycles. The fraction of sp³-hybridized carbons (Fsp3) is 0.235. The number of pyridine rings is 1. The van der Waals surface area contributed by atoms with Gasteiger partial charge in [-0.25, -0.2) is 0 Å². The van der Waals surface area contributed by atoms with E-state index < -0.39 is 0 Å². The maximum atomic E-state index is 6.28.